The maximum absolute atomic E-state index is 12.5. The molecule has 7 nitrogen and oxygen atoms in total. The number of anilines is 3. The summed E-state index contributed by atoms with van der Waals surface area (Å²) < 4.78 is 0. The lowest BCUT2D eigenvalue weighted by molar-refractivity contribution is 0.0751. The molecule has 138 valence electrons. The van der Waals surface area contributed by atoms with Crippen LogP contribution in [0.2, 0.25) is 0 Å². The Morgan fingerprint density at radius 2 is 1.93 bits per heavy atom. The molecular formula is C19H20N6OS. The van der Waals surface area contributed by atoms with Crippen LogP contribution >= 0.6 is 11.3 Å². The van der Waals surface area contributed by atoms with E-state index in [-0.39, 0.29) is 5.91 Å². The van der Waals surface area contributed by atoms with E-state index in [0.29, 0.717) is 24.7 Å². The average molecular weight is 380 g/mol. The minimum absolute atomic E-state index is 0.112. The minimum atomic E-state index is 0.112. The first kappa shape index (κ1) is 17.4. The van der Waals surface area contributed by atoms with Crippen LogP contribution in [-0.2, 0) is 0 Å². The molecule has 3 aromatic heterocycles. The largest absolute Gasteiger partial charge is 0.353 e. The fourth-order valence-electron chi connectivity index (χ4n) is 3.04. The maximum atomic E-state index is 12.5. The standard InChI is InChI=1S/C19H20N6OS/c1-14-21-17(23-16-6-2-3-7-20-16)13-18(22-14)24-8-10-25(11-9-24)19(26)15-5-4-12-27-15/h2-7,12-13H,8-11H2,1H3,(H,20,21,22,23). The van der Waals surface area contributed by atoms with Gasteiger partial charge in [-0.05, 0) is 30.5 Å². The van der Waals surface area contributed by atoms with Gasteiger partial charge in [-0.15, -0.1) is 11.3 Å². The van der Waals surface area contributed by atoms with E-state index in [1.807, 2.05) is 53.6 Å². The van der Waals surface area contributed by atoms with Crippen LogP contribution in [0.1, 0.15) is 15.5 Å². The minimum Gasteiger partial charge on any atom is -0.353 e. The Morgan fingerprint density at radius 1 is 1.07 bits per heavy atom. The van der Waals surface area contributed by atoms with Crippen LogP contribution in [0.5, 0.6) is 0 Å². The molecule has 0 aliphatic carbocycles. The molecule has 8 heteroatoms. The lowest BCUT2D eigenvalue weighted by Crippen LogP contribution is -2.49. The van der Waals surface area contributed by atoms with Gasteiger partial charge in [-0.3, -0.25) is 4.79 Å². The molecule has 4 rings (SSSR count). The highest BCUT2D eigenvalue weighted by atomic mass is 32.1. The number of nitrogens with zero attached hydrogens (tertiary/aromatic N) is 5. The van der Waals surface area contributed by atoms with Gasteiger partial charge >= 0.3 is 0 Å². The average Bonchev–Trinajstić information content (AvgIpc) is 3.23. The highest BCUT2D eigenvalue weighted by Crippen LogP contribution is 2.21. The number of amides is 1. The van der Waals surface area contributed by atoms with E-state index in [2.05, 4.69) is 25.2 Å². The van der Waals surface area contributed by atoms with E-state index in [1.54, 1.807) is 6.20 Å². The Morgan fingerprint density at radius 3 is 2.63 bits per heavy atom. The Balaban J connectivity index is 1.44. The number of rotatable bonds is 4. The number of aromatic nitrogens is 3. The van der Waals surface area contributed by atoms with Crippen molar-refractivity contribution in [3.8, 4) is 0 Å². The number of nitrogens with one attached hydrogen (secondary N) is 1. The molecule has 4 heterocycles. The van der Waals surface area contributed by atoms with E-state index in [9.17, 15) is 4.79 Å². The van der Waals surface area contributed by atoms with Gasteiger partial charge in [-0.2, -0.15) is 0 Å². The van der Waals surface area contributed by atoms with Gasteiger partial charge in [0, 0.05) is 38.4 Å². The zero-order chi connectivity index (χ0) is 18.6. The van der Waals surface area contributed by atoms with Crippen molar-refractivity contribution in [2.75, 3.05) is 36.4 Å². The fraction of sp³-hybridized carbons (Fsp3) is 0.263. The molecule has 27 heavy (non-hydrogen) atoms. The zero-order valence-electron chi connectivity index (χ0n) is 15.0. The van der Waals surface area contributed by atoms with Crippen molar-refractivity contribution >= 4 is 34.7 Å². The highest BCUT2D eigenvalue weighted by molar-refractivity contribution is 7.12. The van der Waals surface area contributed by atoms with Gasteiger partial charge < -0.3 is 15.1 Å². The SMILES string of the molecule is Cc1nc(Nc2ccccn2)cc(N2CCN(C(=O)c3cccs3)CC2)n1. The van der Waals surface area contributed by atoms with Crippen molar-refractivity contribution in [3.05, 3.63) is 58.7 Å². The van der Waals surface area contributed by atoms with Crippen molar-refractivity contribution in [1.82, 2.24) is 19.9 Å². The van der Waals surface area contributed by atoms with Crippen LogP contribution in [0.4, 0.5) is 17.5 Å². The normalized spacial score (nSPS) is 14.3. The second-order valence-corrected chi connectivity index (χ2v) is 7.20. The first-order valence-corrected chi connectivity index (χ1v) is 9.68. The number of pyridine rings is 1. The van der Waals surface area contributed by atoms with Gasteiger partial charge in [0.1, 0.15) is 23.3 Å². The predicted octanol–water partition coefficient (Wildman–Crippen LogP) is 2.95. The highest BCUT2D eigenvalue weighted by Gasteiger charge is 2.23. The Hall–Kier alpha value is -3.00. The summed E-state index contributed by atoms with van der Waals surface area (Å²) in [6.45, 7) is 4.74. The monoisotopic (exact) mass is 380 g/mol. The number of carbonyl (C=O) groups excluding carboxylic acids is 1. The van der Waals surface area contributed by atoms with Crippen LogP contribution < -0.4 is 10.2 Å². The van der Waals surface area contributed by atoms with Gasteiger partial charge in [0.25, 0.3) is 5.91 Å². The molecule has 3 aromatic rings. The van der Waals surface area contributed by atoms with Gasteiger partial charge in [0.05, 0.1) is 4.88 Å². The van der Waals surface area contributed by atoms with E-state index in [4.69, 9.17) is 0 Å². The number of thiophene rings is 1. The third kappa shape index (κ3) is 4.06. The first-order chi connectivity index (χ1) is 13.2. The summed E-state index contributed by atoms with van der Waals surface area (Å²) in [6.07, 6.45) is 1.74. The summed E-state index contributed by atoms with van der Waals surface area (Å²) >= 11 is 1.49. The molecule has 0 radical (unpaired) electrons. The molecule has 1 saturated heterocycles. The van der Waals surface area contributed by atoms with Gasteiger partial charge in [0.2, 0.25) is 0 Å². The molecule has 0 bridgehead atoms. The summed E-state index contributed by atoms with van der Waals surface area (Å²) in [5.41, 5.74) is 0. The second kappa shape index (κ2) is 7.71. The second-order valence-electron chi connectivity index (χ2n) is 6.26. The van der Waals surface area contributed by atoms with Crippen molar-refractivity contribution in [1.29, 1.82) is 0 Å². The van der Waals surface area contributed by atoms with Gasteiger partial charge in [0.15, 0.2) is 0 Å². The third-order valence-corrected chi connectivity index (χ3v) is 5.23. The van der Waals surface area contributed by atoms with Crippen LogP contribution in [0.15, 0.2) is 48.0 Å². The predicted molar refractivity (Wildman–Crippen MR) is 107 cm³/mol. The molecule has 1 amide bonds. The summed E-state index contributed by atoms with van der Waals surface area (Å²) in [4.78, 5) is 30.7. The van der Waals surface area contributed by atoms with E-state index >= 15 is 0 Å². The molecule has 1 fully saturated rings. The lowest BCUT2D eigenvalue weighted by atomic mass is 10.3. The molecule has 0 unspecified atom stereocenters. The van der Waals surface area contributed by atoms with Crippen LogP contribution in [0.3, 0.4) is 0 Å². The van der Waals surface area contributed by atoms with E-state index < -0.39 is 0 Å². The summed E-state index contributed by atoms with van der Waals surface area (Å²) in [6, 6.07) is 11.4. The Kier molecular flexibility index (Phi) is 4.97. The summed E-state index contributed by atoms with van der Waals surface area (Å²) in [5.74, 6) is 3.13. The van der Waals surface area contributed by atoms with E-state index in [0.717, 1.165) is 29.6 Å². The van der Waals surface area contributed by atoms with Gasteiger partial charge in [-0.1, -0.05) is 12.1 Å². The Labute approximate surface area is 161 Å². The molecule has 0 aromatic carbocycles. The van der Waals surface area contributed by atoms with Gasteiger partial charge in [-0.25, -0.2) is 15.0 Å². The van der Waals surface area contributed by atoms with Crippen LogP contribution in [0.25, 0.3) is 0 Å². The fourth-order valence-corrected chi connectivity index (χ4v) is 3.73. The van der Waals surface area contributed by atoms with Crippen molar-refractivity contribution in [2.24, 2.45) is 0 Å². The summed E-state index contributed by atoms with van der Waals surface area (Å²) in [5, 5.41) is 5.15. The van der Waals surface area contributed by atoms with Crippen LogP contribution in [0, 0.1) is 6.92 Å². The molecule has 0 atom stereocenters. The third-order valence-electron chi connectivity index (χ3n) is 4.37. The smallest absolute Gasteiger partial charge is 0.264 e. The molecule has 0 saturated carbocycles. The lowest BCUT2D eigenvalue weighted by Gasteiger charge is -2.35. The topological polar surface area (TPSA) is 74.2 Å². The maximum Gasteiger partial charge on any atom is 0.264 e. The zero-order valence-corrected chi connectivity index (χ0v) is 15.8. The number of piperazine rings is 1. The molecule has 1 aliphatic rings. The molecule has 1 N–H and O–H groups in total. The van der Waals surface area contributed by atoms with Crippen molar-refractivity contribution in [2.45, 2.75) is 6.92 Å². The molecule has 1 aliphatic heterocycles. The number of aryl methyl sites for hydroxylation is 1. The van der Waals surface area contributed by atoms with Crippen LogP contribution in [-0.4, -0.2) is 51.9 Å². The van der Waals surface area contributed by atoms with E-state index in [1.165, 1.54) is 11.3 Å². The first-order valence-electron chi connectivity index (χ1n) is 8.80. The Bertz CT molecular complexity index is 907. The van der Waals surface area contributed by atoms with Crippen molar-refractivity contribution in [3.63, 3.8) is 0 Å². The molecular weight excluding hydrogens is 360 g/mol. The number of hydrogen-bond acceptors (Lipinski definition) is 7. The van der Waals surface area contributed by atoms with Crippen molar-refractivity contribution < 1.29 is 4.79 Å². The summed E-state index contributed by atoms with van der Waals surface area (Å²) in [7, 11) is 0. The quantitative estimate of drug-likeness (QED) is 0.750. The number of hydrogen-bond donors (Lipinski definition) is 1. The molecule has 0 spiro atoms. The number of carbonyl (C=O) groups is 1.